The lowest BCUT2D eigenvalue weighted by atomic mass is 9.84. The van der Waals surface area contributed by atoms with Gasteiger partial charge in [-0.3, -0.25) is 19.2 Å². The molecule has 0 radical (unpaired) electrons. The molecule has 4 N–H and O–H groups in total. The highest BCUT2D eigenvalue weighted by atomic mass is 16.4. The normalized spacial score (nSPS) is 24.6. The van der Waals surface area contributed by atoms with Crippen molar-refractivity contribution >= 4 is 35.6 Å². The van der Waals surface area contributed by atoms with Crippen molar-refractivity contribution in [3.63, 3.8) is 0 Å². The van der Waals surface area contributed by atoms with E-state index in [-0.39, 0.29) is 56.5 Å². The van der Waals surface area contributed by atoms with Crippen LogP contribution in [0.1, 0.15) is 62.9 Å². The number of rotatable bonds is 10. The van der Waals surface area contributed by atoms with Gasteiger partial charge in [-0.05, 0) is 30.4 Å². The van der Waals surface area contributed by atoms with Crippen molar-refractivity contribution in [2.75, 3.05) is 13.1 Å². The lowest BCUT2D eigenvalue weighted by Crippen LogP contribution is -2.45. The standard InChI is InChI=1S/C27H37N5O8/c1-27(2,11-21(33)31-13-16(9-19(31)25(37)38)28-23(35)15-6-7-15)12-22(34)32-14-17(10-20(32)26(39)40)29-24(36)18-5-4-8-30(18)3/h4-5,8,15-17,19-20H,6-7,9-14H2,1-3H3,(H,28,35)(H,29,36)(H,37,38)(H,39,40)/t16-,17-,19-,20-/m0/s1. The Morgan fingerprint density at radius 1 is 0.875 bits per heavy atom. The quantitative estimate of drug-likeness (QED) is 0.314. The lowest BCUT2D eigenvalue weighted by molar-refractivity contribution is -0.150. The number of carbonyl (C=O) groups is 6. The highest BCUT2D eigenvalue weighted by Gasteiger charge is 2.45. The van der Waals surface area contributed by atoms with Crippen molar-refractivity contribution in [1.29, 1.82) is 0 Å². The summed E-state index contributed by atoms with van der Waals surface area (Å²) < 4.78 is 1.64. The van der Waals surface area contributed by atoms with Gasteiger partial charge in [0.15, 0.2) is 0 Å². The molecule has 40 heavy (non-hydrogen) atoms. The minimum Gasteiger partial charge on any atom is -0.480 e. The zero-order valence-electron chi connectivity index (χ0n) is 23.0. The third kappa shape index (κ3) is 6.62. The predicted octanol–water partition coefficient (Wildman–Crippen LogP) is 0.196. The summed E-state index contributed by atoms with van der Waals surface area (Å²) in [7, 11) is 1.72. The van der Waals surface area contributed by atoms with E-state index in [2.05, 4.69) is 10.6 Å². The number of nitrogens with zero attached hydrogens (tertiary/aromatic N) is 3. The molecule has 4 amide bonds. The monoisotopic (exact) mass is 559 g/mol. The Hall–Kier alpha value is -3.90. The highest BCUT2D eigenvalue weighted by Crippen LogP contribution is 2.32. The van der Waals surface area contributed by atoms with Gasteiger partial charge >= 0.3 is 11.9 Å². The maximum atomic E-state index is 13.3. The van der Waals surface area contributed by atoms with Crippen LogP contribution in [0.4, 0.5) is 0 Å². The van der Waals surface area contributed by atoms with Gasteiger partial charge in [0.2, 0.25) is 17.7 Å². The molecule has 1 saturated carbocycles. The molecule has 0 aromatic carbocycles. The second kappa shape index (κ2) is 11.3. The molecule has 1 aromatic rings. The number of carboxylic acid groups (broad SMARTS) is 2. The number of aliphatic carboxylic acids is 2. The molecule has 13 nitrogen and oxygen atoms in total. The molecule has 1 aromatic heterocycles. The number of carboxylic acids is 2. The second-order valence-corrected chi connectivity index (χ2v) is 11.9. The van der Waals surface area contributed by atoms with Crippen LogP contribution < -0.4 is 10.6 Å². The largest absolute Gasteiger partial charge is 0.480 e. The molecule has 3 aliphatic rings. The average molecular weight is 560 g/mol. The van der Waals surface area contributed by atoms with Crippen molar-refractivity contribution in [1.82, 2.24) is 25.0 Å². The topological polar surface area (TPSA) is 178 Å². The SMILES string of the molecule is Cn1cccc1C(=O)N[C@H]1C[C@@H](C(=O)O)N(C(=O)CC(C)(C)CC(=O)N2C[C@@H](NC(=O)C3CC3)C[C@H]2C(=O)O)C1. The van der Waals surface area contributed by atoms with Gasteiger partial charge in [0.25, 0.3) is 5.91 Å². The van der Waals surface area contributed by atoms with Crippen molar-refractivity contribution in [3.8, 4) is 0 Å². The van der Waals surface area contributed by atoms with Crippen LogP contribution in [0.5, 0.6) is 0 Å². The zero-order chi connectivity index (χ0) is 29.4. The maximum absolute atomic E-state index is 13.3. The molecule has 0 spiro atoms. The predicted molar refractivity (Wildman–Crippen MR) is 140 cm³/mol. The first-order chi connectivity index (χ1) is 18.8. The van der Waals surface area contributed by atoms with E-state index >= 15 is 0 Å². The summed E-state index contributed by atoms with van der Waals surface area (Å²) >= 11 is 0. The van der Waals surface area contributed by atoms with Crippen LogP contribution >= 0.6 is 0 Å². The zero-order valence-corrected chi connectivity index (χ0v) is 23.0. The van der Waals surface area contributed by atoms with E-state index in [1.54, 1.807) is 43.8 Å². The van der Waals surface area contributed by atoms with Gasteiger partial charge in [-0.2, -0.15) is 0 Å². The molecule has 3 fully saturated rings. The number of amides is 4. The number of aromatic nitrogens is 1. The van der Waals surface area contributed by atoms with E-state index in [0.717, 1.165) is 12.8 Å². The molecule has 0 unspecified atom stereocenters. The molecule has 218 valence electrons. The Bertz CT molecular complexity index is 1210. The Kier molecular flexibility index (Phi) is 8.22. The summed E-state index contributed by atoms with van der Waals surface area (Å²) in [6.07, 6.45) is 3.23. The molecule has 13 heteroatoms. The molecule has 4 rings (SSSR count). The van der Waals surface area contributed by atoms with Crippen LogP contribution in [-0.4, -0.2) is 97.4 Å². The van der Waals surface area contributed by atoms with Gasteiger partial charge in [0, 0.05) is 70.0 Å². The van der Waals surface area contributed by atoms with E-state index in [1.165, 1.54) is 9.80 Å². The van der Waals surface area contributed by atoms with Gasteiger partial charge in [-0.1, -0.05) is 13.8 Å². The summed E-state index contributed by atoms with van der Waals surface area (Å²) in [5.74, 6) is -3.78. The van der Waals surface area contributed by atoms with Gasteiger partial charge in [-0.15, -0.1) is 0 Å². The molecule has 3 heterocycles. The second-order valence-electron chi connectivity index (χ2n) is 11.9. The van der Waals surface area contributed by atoms with Gasteiger partial charge in [-0.25, -0.2) is 9.59 Å². The summed E-state index contributed by atoms with van der Waals surface area (Å²) in [5.41, 5.74) is -0.493. The fourth-order valence-electron chi connectivity index (χ4n) is 5.61. The summed E-state index contributed by atoms with van der Waals surface area (Å²) in [6.45, 7) is 3.49. The van der Waals surface area contributed by atoms with Crippen LogP contribution in [0.25, 0.3) is 0 Å². The molecular formula is C27H37N5O8. The highest BCUT2D eigenvalue weighted by molar-refractivity contribution is 5.93. The van der Waals surface area contributed by atoms with Gasteiger partial charge in [0.05, 0.1) is 0 Å². The number of likely N-dealkylation sites (tertiary alicyclic amines) is 2. The van der Waals surface area contributed by atoms with E-state index in [4.69, 9.17) is 0 Å². The lowest BCUT2D eigenvalue weighted by Gasteiger charge is -2.31. The van der Waals surface area contributed by atoms with E-state index in [0.29, 0.717) is 5.69 Å². The molecule has 2 saturated heterocycles. The third-order valence-electron chi connectivity index (χ3n) is 7.88. The molecule has 1 aliphatic carbocycles. The first-order valence-corrected chi connectivity index (χ1v) is 13.5. The van der Waals surface area contributed by atoms with Crippen molar-refractivity contribution in [3.05, 3.63) is 24.0 Å². The van der Waals surface area contributed by atoms with Crippen LogP contribution in [0.15, 0.2) is 18.3 Å². The summed E-state index contributed by atoms with van der Waals surface area (Å²) in [5, 5.41) is 25.1. The molecule has 2 aliphatic heterocycles. The van der Waals surface area contributed by atoms with Crippen LogP contribution in [0.3, 0.4) is 0 Å². The van der Waals surface area contributed by atoms with Crippen LogP contribution in [0, 0.1) is 11.3 Å². The van der Waals surface area contributed by atoms with E-state index < -0.39 is 53.3 Å². The Labute approximate surface area is 231 Å². The summed E-state index contributed by atoms with van der Waals surface area (Å²) in [6, 6.07) is 0.150. The average Bonchev–Trinajstić information content (AvgIpc) is 3.26. The molecule has 4 atom stereocenters. The first-order valence-electron chi connectivity index (χ1n) is 13.5. The number of carbonyl (C=O) groups excluding carboxylic acids is 4. The van der Waals surface area contributed by atoms with Crippen LogP contribution in [0.2, 0.25) is 0 Å². The smallest absolute Gasteiger partial charge is 0.326 e. The fourth-order valence-corrected chi connectivity index (χ4v) is 5.61. The van der Waals surface area contributed by atoms with Crippen molar-refractivity contribution in [2.45, 2.75) is 76.5 Å². The Morgan fingerprint density at radius 2 is 1.38 bits per heavy atom. The van der Waals surface area contributed by atoms with Crippen LogP contribution in [-0.2, 0) is 31.0 Å². The van der Waals surface area contributed by atoms with Gasteiger partial charge < -0.3 is 35.2 Å². The fraction of sp³-hybridized carbons (Fsp3) is 0.630. The molecule has 0 bridgehead atoms. The third-order valence-corrected chi connectivity index (χ3v) is 7.88. The van der Waals surface area contributed by atoms with E-state index in [1.807, 2.05) is 0 Å². The van der Waals surface area contributed by atoms with Crippen molar-refractivity contribution in [2.24, 2.45) is 18.4 Å². The first kappa shape index (κ1) is 29.1. The number of aryl methyl sites for hydroxylation is 1. The van der Waals surface area contributed by atoms with Gasteiger partial charge in [0.1, 0.15) is 17.8 Å². The van der Waals surface area contributed by atoms with Crippen molar-refractivity contribution < 1.29 is 39.0 Å². The summed E-state index contributed by atoms with van der Waals surface area (Å²) in [4.78, 5) is 77.6. The van der Waals surface area contributed by atoms with E-state index in [9.17, 15) is 39.0 Å². The Morgan fingerprint density at radius 3 is 1.80 bits per heavy atom. The minimum atomic E-state index is -1.18. The minimum absolute atomic E-state index is 0.0194. The molecular weight excluding hydrogens is 522 g/mol. The number of hydrogen-bond donors (Lipinski definition) is 4. The number of hydrogen-bond acceptors (Lipinski definition) is 6. The Balaban J connectivity index is 1.36. The number of nitrogens with one attached hydrogen (secondary N) is 2. The maximum Gasteiger partial charge on any atom is 0.326 e.